The van der Waals surface area contributed by atoms with Crippen molar-refractivity contribution >= 4 is 52.2 Å². The summed E-state index contributed by atoms with van der Waals surface area (Å²) >= 11 is 13.4. The van der Waals surface area contributed by atoms with Crippen LogP contribution >= 0.6 is 35.0 Å². The molecular formula is C16H14Cl2N4OS. The van der Waals surface area contributed by atoms with E-state index in [1.165, 1.54) is 11.8 Å². The minimum absolute atomic E-state index is 0.116. The molecule has 2 heterocycles. The molecule has 1 N–H and O–H groups in total. The Labute approximate surface area is 153 Å². The minimum Gasteiger partial charge on any atom is -0.325 e. The second kappa shape index (κ2) is 7.01. The number of pyridine rings is 1. The molecule has 1 aromatic carbocycles. The van der Waals surface area contributed by atoms with Crippen LogP contribution in [0.1, 0.15) is 11.1 Å². The predicted octanol–water partition coefficient (Wildman–Crippen LogP) is 4.38. The molecule has 24 heavy (non-hydrogen) atoms. The van der Waals surface area contributed by atoms with E-state index in [0.29, 0.717) is 20.8 Å². The van der Waals surface area contributed by atoms with Crippen molar-refractivity contribution in [2.75, 3.05) is 11.1 Å². The maximum Gasteiger partial charge on any atom is 0.234 e. The Morgan fingerprint density at radius 1 is 1.17 bits per heavy atom. The zero-order chi connectivity index (χ0) is 17.3. The highest BCUT2D eigenvalue weighted by molar-refractivity contribution is 7.99. The van der Waals surface area contributed by atoms with Crippen LogP contribution in [0.4, 0.5) is 5.69 Å². The maximum absolute atomic E-state index is 12.2. The predicted molar refractivity (Wildman–Crippen MR) is 98.3 cm³/mol. The molecule has 0 saturated heterocycles. The smallest absolute Gasteiger partial charge is 0.234 e. The van der Waals surface area contributed by atoms with Crippen molar-refractivity contribution in [1.29, 1.82) is 0 Å². The summed E-state index contributed by atoms with van der Waals surface area (Å²) in [7, 11) is 0. The summed E-state index contributed by atoms with van der Waals surface area (Å²) in [6.07, 6.45) is 1.67. The van der Waals surface area contributed by atoms with Gasteiger partial charge in [0.1, 0.15) is 0 Å². The average molecular weight is 381 g/mol. The van der Waals surface area contributed by atoms with Gasteiger partial charge in [0, 0.05) is 11.9 Å². The minimum atomic E-state index is -0.116. The van der Waals surface area contributed by atoms with E-state index in [1.54, 1.807) is 16.7 Å². The first-order valence-corrected chi connectivity index (χ1v) is 8.87. The number of nitrogens with one attached hydrogen (secondary N) is 1. The lowest BCUT2D eigenvalue weighted by atomic mass is 10.1. The first-order chi connectivity index (χ1) is 11.4. The van der Waals surface area contributed by atoms with Crippen LogP contribution in [-0.4, -0.2) is 26.3 Å². The van der Waals surface area contributed by atoms with Crippen LogP contribution in [0, 0.1) is 13.8 Å². The molecule has 8 heteroatoms. The standard InChI is InChI=1S/C16H14Cl2N4OS/c1-9-3-10(2)5-12(4-9)19-14(23)8-24-16-21-20-15-13(18)6-11(17)7-22(15)16/h3-7H,8H2,1-2H3,(H,19,23). The van der Waals surface area contributed by atoms with Crippen LogP contribution in [0.15, 0.2) is 35.6 Å². The van der Waals surface area contributed by atoms with Gasteiger partial charge in [-0.05, 0) is 43.2 Å². The molecular weight excluding hydrogens is 367 g/mol. The first-order valence-electron chi connectivity index (χ1n) is 7.13. The number of hydrogen-bond donors (Lipinski definition) is 1. The highest BCUT2D eigenvalue weighted by atomic mass is 35.5. The molecule has 3 rings (SSSR count). The average Bonchev–Trinajstić information content (AvgIpc) is 2.87. The quantitative estimate of drug-likeness (QED) is 0.682. The number of carbonyl (C=O) groups is 1. The van der Waals surface area contributed by atoms with Crippen LogP contribution in [0.25, 0.3) is 5.65 Å². The van der Waals surface area contributed by atoms with E-state index in [0.717, 1.165) is 16.8 Å². The van der Waals surface area contributed by atoms with E-state index < -0.39 is 0 Å². The number of nitrogens with zero attached hydrogens (tertiary/aromatic N) is 3. The van der Waals surface area contributed by atoms with Gasteiger partial charge in [-0.2, -0.15) is 0 Å². The van der Waals surface area contributed by atoms with Gasteiger partial charge in [-0.25, -0.2) is 0 Å². The van der Waals surface area contributed by atoms with Gasteiger partial charge in [-0.3, -0.25) is 9.20 Å². The summed E-state index contributed by atoms with van der Waals surface area (Å²) in [5.41, 5.74) is 3.50. The number of aryl methyl sites for hydroxylation is 2. The second-order valence-corrected chi connectivity index (χ2v) is 7.18. The Hall–Kier alpha value is -1.76. The van der Waals surface area contributed by atoms with Gasteiger partial charge in [-0.1, -0.05) is 41.0 Å². The lowest BCUT2D eigenvalue weighted by molar-refractivity contribution is -0.113. The van der Waals surface area contributed by atoms with Crippen LogP contribution in [0.2, 0.25) is 10.0 Å². The molecule has 0 aliphatic rings. The fraction of sp³-hybridized carbons (Fsp3) is 0.188. The van der Waals surface area contributed by atoms with Crippen LogP contribution < -0.4 is 5.32 Å². The number of rotatable bonds is 4. The summed E-state index contributed by atoms with van der Waals surface area (Å²) in [5.74, 6) is 0.0904. The molecule has 0 saturated carbocycles. The maximum atomic E-state index is 12.2. The third-order valence-electron chi connectivity index (χ3n) is 3.23. The van der Waals surface area contributed by atoms with E-state index in [1.807, 2.05) is 26.0 Å². The Balaban J connectivity index is 1.70. The monoisotopic (exact) mass is 380 g/mol. The van der Waals surface area contributed by atoms with Gasteiger partial charge in [0.2, 0.25) is 5.91 Å². The normalized spacial score (nSPS) is 11.0. The number of halogens is 2. The SMILES string of the molecule is Cc1cc(C)cc(NC(=O)CSc2nnc3c(Cl)cc(Cl)cn23)c1. The fourth-order valence-corrected chi connectivity index (χ4v) is 3.59. The molecule has 124 valence electrons. The van der Waals surface area contributed by atoms with E-state index >= 15 is 0 Å². The zero-order valence-corrected chi connectivity index (χ0v) is 15.3. The topological polar surface area (TPSA) is 59.3 Å². The van der Waals surface area contributed by atoms with Crippen molar-refractivity contribution in [3.63, 3.8) is 0 Å². The number of thioether (sulfide) groups is 1. The summed E-state index contributed by atoms with van der Waals surface area (Å²) in [4.78, 5) is 12.2. The molecule has 0 bridgehead atoms. The van der Waals surface area contributed by atoms with Gasteiger partial charge in [0.05, 0.1) is 15.8 Å². The molecule has 0 spiro atoms. The Morgan fingerprint density at radius 2 is 1.88 bits per heavy atom. The van der Waals surface area contributed by atoms with E-state index in [2.05, 4.69) is 21.6 Å². The lowest BCUT2D eigenvalue weighted by Crippen LogP contribution is -2.14. The molecule has 0 radical (unpaired) electrons. The number of anilines is 1. The van der Waals surface area contributed by atoms with Gasteiger partial charge in [0.15, 0.2) is 10.8 Å². The number of benzene rings is 1. The second-order valence-electron chi connectivity index (χ2n) is 5.40. The summed E-state index contributed by atoms with van der Waals surface area (Å²) in [5, 5.41) is 12.4. The molecule has 0 atom stereocenters. The third-order valence-corrected chi connectivity index (χ3v) is 4.66. The fourth-order valence-electron chi connectivity index (χ4n) is 2.37. The molecule has 0 aliphatic heterocycles. The van der Waals surface area contributed by atoms with E-state index in [4.69, 9.17) is 23.2 Å². The Kier molecular flexibility index (Phi) is 4.99. The highest BCUT2D eigenvalue weighted by Crippen LogP contribution is 2.25. The van der Waals surface area contributed by atoms with Crippen LogP contribution in [0.3, 0.4) is 0 Å². The number of aromatic nitrogens is 3. The number of hydrogen-bond acceptors (Lipinski definition) is 4. The highest BCUT2D eigenvalue weighted by Gasteiger charge is 2.12. The van der Waals surface area contributed by atoms with Gasteiger partial charge < -0.3 is 5.32 Å². The van der Waals surface area contributed by atoms with Crippen molar-refractivity contribution in [1.82, 2.24) is 14.6 Å². The first kappa shape index (κ1) is 17.1. The largest absolute Gasteiger partial charge is 0.325 e. The zero-order valence-electron chi connectivity index (χ0n) is 13.0. The van der Waals surface area contributed by atoms with Crippen molar-refractivity contribution in [2.45, 2.75) is 19.0 Å². The van der Waals surface area contributed by atoms with E-state index in [9.17, 15) is 4.79 Å². The molecule has 0 unspecified atom stereocenters. The Bertz CT molecular complexity index is 906. The molecule has 5 nitrogen and oxygen atoms in total. The van der Waals surface area contributed by atoms with Crippen LogP contribution in [-0.2, 0) is 4.79 Å². The molecule has 3 aromatic rings. The van der Waals surface area contributed by atoms with Crippen molar-refractivity contribution in [3.8, 4) is 0 Å². The lowest BCUT2D eigenvalue weighted by Gasteiger charge is -2.07. The van der Waals surface area contributed by atoms with Gasteiger partial charge in [0.25, 0.3) is 0 Å². The number of amides is 1. The van der Waals surface area contributed by atoms with Crippen molar-refractivity contribution in [3.05, 3.63) is 51.6 Å². The van der Waals surface area contributed by atoms with Crippen molar-refractivity contribution in [2.24, 2.45) is 0 Å². The molecule has 2 aromatic heterocycles. The summed E-state index contributed by atoms with van der Waals surface area (Å²) in [6.45, 7) is 3.99. The molecule has 0 aliphatic carbocycles. The van der Waals surface area contributed by atoms with Gasteiger partial charge >= 0.3 is 0 Å². The van der Waals surface area contributed by atoms with E-state index in [-0.39, 0.29) is 11.7 Å². The Morgan fingerprint density at radius 3 is 2.58 bits per heavy atom. The third kappa shape index (κ3) is 3.83. The van der Waals surface area contributed by atoms with Crippen molar-refractivity contribution < 1.29 is 4.79 Å². The molecule has 1 amide bonds. The molecule has 0 fully saturated rings. The summed E-state index contributed by atoms with van der Waals surface area (Å²) in [6, 6.07) is 7.53. The van der Waals surface area contributed by atoms with Crippen LogP contribution in [0.5, 0.6) is 0 Å². The van der Waals surface area contributed by atoms with Gasteiger partial charge in [-0.15, -0.1) is 10.2 Å². The summed E-state index contributed by atoms with van der Waals surface area (Å²) < 4.78 is 1.68. The number of fused-ring (bicyclic) bond motifs is 1. The number of carbonyl (C=O) groups excluding carboxylic acids is 1.